The number of nitrogens with one attached hydrogen (secondary N) is 1. The molecule has 6 heteroatoms. The highest BCUT2D eigenvalue weighted by Crippen LogP contribution is 2.16. The van der Waals surface area contributed by atoms with Gasteiger partial charge in [-0.25, -0.2) is 13.1 Å². The highest BCUT2D eigenvalue weighted by Gasteiger charge is 2.17. The highest BCUT2D eigenvalue weighted by molar-refractivity contribution is 7.89. The molecule has 0 aliphatic rings. The summed E-state index contributed by atoms with van der Waals surface area (Å²) in [6.07, 6.45) is 0.537. The van der Waals surface area contributed by atoms with Gasteiger partial charge in [-0.1, -0.05) is 12.1 Å². The van der Waals surface area contributed by atoms with E-state index in [1.807, 2.05) is 0 Å². The fourth-order valence-corrected chi connectivity index (χ4v) is 3.36. The van der Waals surface area contributed by atoms with Crippen LogP contribution in [0.25, 0.3) is 0 Å². The van der Waals surface area contributed by atoms with E-state index in [1.54, 1.807) is 43.3 Å². The largest absolute Gasteiger partial charge is 0.508 e. The molecule has 0 saturated carbocycles. The lowest BCUT2D eigenvalue weighted by molar-refractivity contribution is 0.414. The first-order valence-corrected chi connectivity index (χ1v) is 8.33. The Labute approximate surface area is 130 Å². The number of sulfonamides is 1. The Morgan fingerprint density at radius 1 is 1.09 bits per heavy atom. The Morgan fingerprint density at radius 2 is 1.68 bits per heavy atom. The van der Waals surface area contributed by atoms with Gasteiger partial charge in [-0.15, -0.1) is 0 Å². The van der Waals surface area contributed by atoms with Crippen LogP contribution in [0, 0.1) is 0 Å². The summed E-state index contributed by atoms with van der Waals surface area (Å²) < 4.78 is 32.2. The molecular formula is C16H19NO4S. The summed E-state index contributed by atoms with van der Waals surface area (Å²) in [6.45, 7) is 1.80. The number of methoxy groups -OCH3 is 1. The second-order valence-electron chi connectivity index (χ2n) is 5.07. The maximum Gasteiger partial charge on any atom is 0.240 e. The van der Waals surface area contributed by atoms with Crippen LogP contribution in [0.5, 0.6) is 11.5 Å². The minimum Gasteiger partial charge on any atom is -0.508 e. The fraction of sp³-hybridized carbons (Fsp3) is 0.250. The highest BCUT2D eigenvalue weighted by atomic mass is 32.2. The molecule has 0 aliphatic heterocycles. The monoisotopic (exact) mass is 321 g/mol. The first-order chi connectivity index (χ1) is 10.4. The van der Waals surface area contributed by atoms with Crippen LogP contribution in [0.4, 0.5) is 0 Å². The van der Waals surface area contributed by atoms with E-state index in [-0.39, 0.29) is 16.7 Å². The molecule has 0 amide bonds. The van der Waals surface area contributed by atoms with E-state index in [0.717, 1.165) is 5.56 Å². The molecule has 2 aromatic rings. The van der Waals surface area contributed by atoms with Gasteiger partial charge in [0.25, 0.3) is 0 Å². The predicted octanol–water partition coefficient (Wildman–Crippen LogP) is 2.31. The molecule has 5 nitrogen and oxygen atoms in total. The van der Waals surface area contributed by atoms with Gasteiger partial charge in [0.1, 0.15) is 11.5 Å². The van der Waals surface area contributed by atoms with E-state index in [1.165, 1.54) is 19.2 Å². The summed E-state index contributed by atoms with van der Waals surface area (Å²) in [4.78, 5) is 0.200. The molecule has 0 radical (unpaired) electrons. The molecule has 2 N–H and O–H groups in total. The topological polar surface area (TPSA) is 75.6 Å². The SMILES string of the molecule is COc1ccc(S(=O)(=O)NC(C)Cc2ccc(O)cc2)cc1. The lowest BCUT2D eigenvalue weighted by atomic mass is 10.1. The number of phenolic OH excluding ortho intramolecular Hbond substituents is 1. The zero-order chi connectivity index (χ0) is 16.2. The molecule has 2 aromatic carbocycles. The number of rotatable bonds is 6. The van der Waals surface area contributed by atoms with Crippen molar-refractivity contribution in [3.63, 3.8) is 0 Å². The Kier molecular flexibility index (Phi) is 5.05. The molecule has 2 rings (SSSR count). The minimum absolute atomic E-state index is 0.190. The third-order valence-electron chi connectivity index (χ3n) is 3.20. The molecule has 0 aliphatic carbocycles. The van der Waals surface area contributed by atoms with Gasteiger partial charge in [0.15, 0.2) is 0 Å². The van der Waals surface area contributed by atoms with Crippen LogP contribution in [0.1, 0.15) is 12.5 Å². The first kappa shape index (κ1) is 16.3. The van der Waals surface area contributed by atoms with Crippen LogP contribution in [-0.2, 0) is 16.4 Å². The van der Waals surface area contributed by atoms with Crippen LogP contribution in [0.15, 0.2) is 53.4 Å². The standard InChI is InChI=1S/C16H19NO4S/c1-12(11-13-3-5-14(18)6-4-13)17-22(19,20)16-9-7-15(21-2)8-10-16/h3-10,12,17-18H,11H2,1-2H3. The Balaban J connectivity index is 2.05. The number of benzene rings is 2. The third-order valence-corrected chi connectivity index (χ3v) is 4.81. The zero-order valence-corrected chi connectivity index (χ0v) is 13.3. The van der Waals surface area contributed by atoms with Gasteiger partial charge in [-0.3, -0.25) is 0 Å². The normalized spacial score (nSPS) is 12.8. The van der Waals surface area contributed by atoms with Crippen LogP contribution in [0.3, 0.4) is 0 Å². The summed E-state index contributed by atoms with van der Waals surface area (Å²) in [5.41, 5.74) is 0.947. The van der Waals surface area contributed by atoms with Gasteiger partial charge < -0.3 is 9.84 Å². The second-order valence-corrected chi connectivity index (χ2v) is 6.78. The molecule has 0 aromatic heterocycles. The van der Waals surface area contributed by atoms with Crippen LogP contribution >= 0.6 is 0 Å². The van der Waals surface area contributed by atoms with Crippen molar-refractivity contribution in [1.29, 1.82) is 0 Å². The molecule has 1 atom stereocenters. The zero-order valence-electron chi connectivity index (χ0n) is 12.5. The number of hydrogen-bond acceptors (Lipinski definition) is 4. The summed E-state index contributed by atoms with van der Waals surface area (Å²) in [7, 11) is -2.04. The van der Waals surface area contributed by atoms with Gasteiger partial charge in [-0.2, -0.15) is 0 Å². The molecule has 0 heterocycles. The molecule has 22 heavy (non-hydrogen) atoms. The van der Waals surface area contributed by atoms with Gasteiger partial charge in [-0.05, 0) is 55.3 Å². The number of hydrogen-bond donors (Lipinski definition) is 2. The number of phenols is 1. The molecule has 0 saturated heterocycles. The van der Waals surface area contributed by atoms with E-state index in [2.05, 4.69) is 4.72 Å². The molecular weight excluding hydrogens is 302 g/mol. The molecule has 0 spiro atoms. The van der Waals surface area contributed by atoms with E-state index >= 15 is 0 Å². The summed E-state index contributed by atoms with van der Waals surface area (Å²) >= 11 is 0. The maximum absolute atomic E-state index is 12.3. The average Bonchev–Trinajstić information content (AvgIpc) is 2.49. The van der Waals surface area contributed by atoms with Crippen molar-refractivity contribution in [2.45, 2.75) is 24.3 Å². The Hall–Kier alpha value is -2.05. The van der Waals surface area contributed by atoms with Crippen molar-refractivity contribution in [3.8, 4) is 11.5 Å². The van der Waals surface area contributed by atoms with Crippen molar-refractivity contribution in [1.82, 2.24) is 4.72 Å². The van der Waals surface area contributed by atoms with Gasteiger partial charge in [0.2, 0.25) is 10.0 Å². The van der Waals surface area contributed by atoms with Crippen LogP contribution in [0.2, 0.25) is 0 Å². The first-order valence-electron chi connectivity index (χ1n) is 6.85. The third kappa shape index (κ3) is 4.22. The van der Waals surface area contributed by atoms with E-state index < -0.39 is 10.0 Å². The maximum atomic E-state index is 12.3. The van der Waals surface area contributed by atoms with Crippen LogP contribution < -0.4 is 9.46 Å². The van der Waals surface area contributed by atoms with Crippen molar-refractivity contribution in [3.05, 3.63) is 54.1 Å². The second kappa shape index (κ2) is 6.81. The molecule has 1 unspecified atom stereocenters. The Bertz CT molecular complexity index is 709. The van der Waals surface area contributed by atoms with Crippen molar-refractivity contribution < 1.29 is 18.3 Å². The number of ether oxygens (including phenoxy) is 1. The van der Waals surface area contributed by atoms with Crippen molar-refractivity contribution in [2.24, 2.45) is 0 Å². The van der Waals surface area contributed by atoms with Crippen molar-refractivity contribution in [2.75, 3.05) is 7.11 Å². The average molecular weight is 321 g/mol. The summed E-state index contributed by atoms with van der Waals surface area (Å²) in [5, 5.41) is 9.25. The Morgan fingerprint density at radius 3 is 2.23 bits per heavy atom. The van der Waals surface area contributed by atoms with Gasteiger partial charge in [0, 0.05) is 6.04 Å². The van der Waals surface area contributed by atoms with Gasteiger partial charge >= 0.3 is 0 Å². The molecule has 118 valence electrons. The lowest BCUT2D eigenvalue weighted by Gasteiger charge is -2.14. The molecule has 0 bridgehead atoms. The quantitative estimate of drug-likeness (QED) is 0.856. The predicted molar refractivity (Wildman–Crippen MR) is 84.6 cm³/mol. The van der Waals surface area contributed by atoms with Gasteiger partial charge in [0.05, 0.1) is 12.0 Å². The summed E-state index contributed by atoms with van der Waals surface area (Å²) in [6, 6.07) is 12.7. The lowest BCUT2D eigenvalue weighted by Crippen LogP contribution is -2.34. The smallest absolute Gasteiger partial charge is 0.240 e. The van der Waals surface area contributed by atoms with Crippen LogP contribution in [-0.4, -0.2) is 26.7 Å². The number of aromatic hydroxyl groups is 1. The summed E-state index contributed by atoms with van der Waals surface area (Å²) in [5.74, 6) is 0.798. The van der Waals surface area contributed by atoms with E-state index in [9.17, 15) is 13.5 Å². The van der Waals surface area contributed by atoms with E-state index in [0.29, 0.717) is 12.2 Å². The fourth-order valence-electron chi connectivity index (χ4n) is 2.12. The van der Waals surface area contributed by atoms with E-state index in [4.69, 9.17) is 4.74 Å². The minimum atomic E-state index is -3.57. The molecule has 0 fully saturated rings. The van der Waals surface area contributed by atoms with Crippen molar-refractivity contribution >= 4 is 10.0 Å².